The Labute approximate surface area is 284 Å². The minimum atomic E-state index is -0.413. The number of likely N-dealkylation sites (N-methyl/N-ethyl adjacent to an activating group) is 1. The molecule has 0 saturated heterocycles. The van der Waals surface area contributed by atoms with Crippen molar-refractivity contribution in [1.29, 1.82) is 0 Å². The molecule has 0 unspecified atom stereocenters. The molecule has 1 amide bonds. The topological polar surface area (TPSA) is 61.4 Å². The number of thiazole rings is 1. The zero-order valence-electron chi connectivity index (χ0n) is 27.3. The van der Waals surface area contributed by atoms with Gasteiger partial charge in [-0.2, -0.15) is 9.56 Å². The molecule has 4 aromatic carbocycles. The van der Waals surface area contributed by atoms with Crippen LogP contribution in [-0.4, -0.2) is 42.7 Å². The molecule has 0 fully saturated rings. The summed E-state index contributed by atoms with van der Waals surface area (Å²) < 4.78 is 9.71. The van der Waals surface area contributed by atoms with Gasteiger partial charge in [-0.15, -0.1) is 0 Å². The Hall–Kier alpha value is -5.60. The van der Waals surface area contributed by atoms with Gasteiger partial charge in [0.15, 0.2) is 5.84 Å². The number of amidine groups is 2. The third-order valence-corrected chi connectivity index (χ3v) is 9.89. The highest BCUT2D eigenvalue weighted by Crippen LogP contribution is 2.31. The lowest BCUT2D eigenvalue weighted by atomic mass is 10.0. The van der Waals surface area contributed by atoms with E-state index < -0.39 is 5.91 Å². The maximum Gasteiger partial charge on any atom is 0.271 e. The first-order valence-electron chi connectivity index (χ1n) is 15.9. The molecule has 0 bridgehead atoms. The molecule has 5 aromatic rings. The van der Waals surface area contributed by atoms with E-state index in [1.807, 2.05) is 59.9 Å². The van der Waals surface area contributed by atoms with Crippen molar-refractivity contribution in [2.24, 2.45) is 17.0 Å². The van der Waals surface area contributed by atoms with Gasteiger partial charge in [0.05, 0.1) is 12.1 Å². The van der Waals surface area contributed by atoms with Gasteiger partial charge in [-0.1, -0.05) is 60.4 Å². The predicted molar refractivity (Wildman–Crippen MR) is 197 cm³/mol. The number of fused-ring (bicyclic) bond motifs is 3. The van der Waals surface area contributed by atoms with Crippen molar-refractivity contribution in [3.8, 4) is 16.3 Å². The van der Waals surface area contributed by atoms with Crippen molar-refractivity contribution in [1.82, 2.24) is 4.90 Å². The first kappa shape index (κ1) is 31.0. The fraction of sp³-hybridized carbons (Fsp3) is 0.150. The number of carbonyl (C=O) groups excluding carboxylic acids is 1. The second kappa shape index (κ2) is 13.3. The highest BCUT2D eigenvalue weighted by Gasteiger charge is 2.22. The molecule has 1 aromatic heterocycles. The number of anilines is 1. The first-order valence-corrected chi connectivity index (χ1v) is 16.7. The number of rotatable bonds is 8. The number of aliphatic imine (C=N–C) groups is 2. The monoisotopic (exact) mass is 650 g/mol. The van der Waals surface area contributed by atoms with Crippen molar-refractivity contribution in [3.05, 3.63) is 144 Å². The summed E-state index contributed by atoms with van der Waals surface area (Å²) in [4.78, 5) is 25.3. The van der Waals surface area contributed by atoms with Crippen LogP contribution in [0.25, 0.3) is 26.4 Å². The molecule has 0 spiro atoms. The van der Waals surface area contributed by atoms with Crippen molar-refractivity contribution in [3.63, 3.8) is 0 Å². The third kappa shape index (κ3) is 6.35. The van der Waals surface area contributed by atoms with Crippen LogP contribution >= 0.6 is 11.3 Å². The Bertz CT molecular complexity index is 2160. The molecule has 2 aliphatic heterocycles. The zero-order valence-corrected chi connectivity index (χ0v) is 28.1. The van der Waals surface area contributed by atoms with E-state index in [2.05, 4.69) is 108 Å². The highest BCUT2D eigenvalue weighted by atomic mass is 32.1. The second-order valence-electron chi connectivity index (χ2n) is 11.9. The number of hydrogen-bond donors (Lipinski definition) is 0. The van der Waals surface area contributed by atoms with Gasteiger partial charge in [-0.25, -0.2) is 4.99 Å². The molecule has 0 radical (unpaired) electrons. The lowest BCUT2D eigenvalue weighted by Gasteiger charge is -2.23. The van der Waals surface area contributed by atoms with E-state index in [-0.39, 0.29) is 0 Å². The summed E-state index contributed by atoms with van der Waals surface area (Å²) in [6, 6.07) is 31.5. The summed E-state index contributed by atoms with van der Waals surface area (Å²) in [5.41, 5.74) is 8.93. The van der Waals surface area contributed by atoms with Gasteiger partial charge in [0.2, 0.25) is 5.52 Å². The summed E-state index contributed by atoms with van der Waals surface area (Å²) in [5, 5.41) is 1.25. The number of amides is 1. The van der Waals surface area contributed by atoms with Crippen LogP contribution in [-0.2, 0) is 18.4 Å². The van der Waals surface area contributed by atoms with Gasteiger partial charge in [0, 0.05) is 37.1 Å². The fourth-order valence-corrected chi connectivity index (χ4v) is 7.20. The molecule has 0 saturated carbocycles. The van der Waals surface area contributed by atoms with Gasteiger partial charge >= 0.3 is 0 Å². The Kier molecular flexibility index (Phi) is 8.57. The van der Waals surface area contributed by atoms with Crippen LogP contribution in [0.15, 0.2) is 132 Å². The Morgan fingerprint density at radius 1 is 1.04 bits per heavy atom. The largest absolute Gasteiger partial charge is 0.492 e. The standard InChI is InChI=1S/C40H36N5O2S/c1-5-38(46)42-39-34-9-7-6-8-31(34)26-45-25-30(15-21-37(45)41-39)28-13-18-33(19-14-28)47-23-22-43(3)32-16-11-29(12-17-32)40-44(4)35-20-10-27(2)24-36(35)48-40/h5-21,24-25H,1,22-23,26H2,2-4H3/q+1/b42-39-. The quantitative estimate of drug-likeness (QED) is 0.129. The molecule has 2 aliphatic rings. The predicted octanol–water partition coefficient (Wildman–Crippen LogP) is 7.50. The van der Waals surface area contributed by atoms with E-state index in [4.69, 9.17) is 9.73 Å². The number of nitrogens with zero attached hydrogens (tertiary/aromatic N) is 5. The van der Waals surface area contributed by atoms with Crippen molar-refractivity contribution >= 4 is 50.4 Å². The van der Waals surface area contributed by atoms with Crippen LogP contribution in [0.3, 0.4) is 0 Å². The molecule has 3 heterocycles. The average molecular weight is 651 g/mol. The van der Waals surface area contributed by atoms with Crippen LogP contribution in [0.4, 0.5) is 5.69 Å². The van der Waals surface area contributed by atoms with E-state index in [0.29, 0.717) is 19.0 Å². The smallest absolute Gasteiger partial charge is 0.271 e. The van der Waals surface area contributed by atoms with Crippen LogP contribution in [0.1, 0.15) is 22.3 Å². The SMILES string of the molecule is C=CC(=O)/N=C1\N=C2C=CC(c3ccc(OCCN(C)c4ccc(-c5sc6cc(C)ccc6[n+]5C)cc4)cc3)=CN2Cc2ccccc21. The van der Waals surface area contributed by atoms with Gasteiger partial charge < -0.3 is 14.5 Å². The zero-order chi connectivity index (χ0) is 33.2. The number of carbonyl (C=O) groups is 1. The molecule has 7 nitrogen and oxygen atoms in total. The normalized spacial score (nSPS) is 14.6. The highest BCUT2D eigenvalue weighted by molar-refractivity contribution is 7.21. The summed E-state index contributed by atoms with van der Waals surface area (Å²) in [6.45, 7) is 7.62. The Morgan fingerprint density at radius 3 is 2.60 bits per heavy atom. The van der Waals surface area contributed by atoms with Gasteiger partial charge in [0.25, 0.3) is 10.9 Å². The summed E-state index contributed by atoms with van der Waals surface area (Å²) in [6.07, 6.45) is 7.29. The van der Waals surface area contributed by atoms with E-state index in [0.717, 1.165) is 46.1 Å². The molecule has 0 atom stereocenters. The maximum absolute atomic E-state index is 12.1. The number of ether oxygens (including phenoxy) is 1. The summed E-state index contributed by atoms with van der Waals surface area (Å²) in [7, 11) is 4.23. The van der Waals surface area contributed by atoms with Gasteiger partial charge in [-0.05, 0) is 89.9 Å². The minimum absolute atomic E-state index is 0.398. The molecule has 238 valence electrons. The Morgan fingerprint density at radius 2 is 1.81 bits per heavy atom. The van der Waals surface area contributed by atoms with Gasteiger partial charge in [0.1, 0.15) is 29.9 Å². The summed E-state index contributed by atoms with van der Waals surface area (Å²) in [5.74, 6) is 1.54. The lowest BCUT2D eigenvalue weighted by Crippen LogP contribution is -2.28. The number of allylic oxidation sites excluding steroid dienone is 2. The van der Waals surface area contributed by atoms with Crippen molar-refractivity contribution in [2.75, 3.05) is 25.1 Å². The van der Waals surface area contributed by atoms with E-state index in [1.165, 1.54) is 32.4 Å². The molecule has 0 aliphatic carbocycles. The number of benzene rings is 4. The fourth-order valence-electron chi connectivity index (χ4n) is 5.95. The summed E-state index contributed by atoms with van der Waals surface area (Å²) >= 11 is 1.83. The molecule has 8 heteroatoms. The van der Waals surface area contributed by atoms with Crippen LogP contribution in [0.5, 0.6) is 5.75 Å². The third-order valence-electron chi connectivity index (χ3n) is 8.64. The van der Waals surface area contributed by atoms with E-state index in [9.17, 15) is 4.79 Å². The van der Waals surface area contributed by atoms with Crippen LogP contribution in [0, 0.1) is 6.92 Å². The van der Waals surface area contributed by atoms with Crippen LogP contribution in [0.2, 0.25) is 0 Å². The molecular weight excluding hydrogens is 615 g/mol. The lowest BCUT2D eigenvalue weighted by molar-refractivity contribution is -0.629. The van der Waals surface area contributed by atoms with Crippen LogP contribution < -0.4 is 14.2 Å². The number of hydrogen-bond acceptors (Lipinski definition) is 5. The van der Waals surface area contributed by atoms with Gasteiger partial charge in [-0.3, -0.25) is 4.79 Å². The van der Waals surface area contributed by atoms with Crippen molar-refractivity contribution in [2.45, 2.75) is 13.5 Å². The Balaban J connectivity index is 0.978. The average Bonchev–Trinajstić information content (AvgIpc) is 3.34. The number of aryl methyl sites for hydroxylation is 2. The van der Waals surface area contributed by atoms with Crippen molar-refractivity contribution < 1.29 is 14.1 Å². The van der Waals surface area contributed by atoms with E-state index >= 15 is 0 Å². The minimum Gasteiger partial charge on any atom is -0.492 e. The molecule has 7 rings (SSSR count). The molecular formula is C40H36N5O2S+. The maximum atomic E-state index is 12.1. The molecule has 0 N–H and O–H groups in total. The first-order chi connectivity index (χ1) is 23.4. The number of aromatic nitrogens is 1. The second-order valence-corrected chi connectivity index (χ2v) is 13.0. The molecule has 48 heavy (non-hydrogen) atoms. The van der Waals surface area contributed by atoms with E-state index in [1.54, 1.807) is 0 Å².